The third-order valence-electron chi connectivity index (χ3n) is 4.48. The van der Waals surface area contributed by atoms with Crippen molar-refractivity contribution in [3.8, 4) is 22.7 Å². The van der Waals surface area contributed by atoms with Gasteiger partial charge in [0.15, 0.2) is 17.2 Å². The Morgan fingerprint density at radius 2 is 1.64 bits per heavy atom. The first-order chi connectivity index (χ1) is 12.1. The lowest BCUT2D eigenvalue weighted by Gasteiger charge is -2.01. The van der Waals surface area contributed by atoms with Crippen molar-refractivity contribution < 1.29 is 13.2 Å². The van der Waals surface area contributed by atoms with Crippen LogP contribution in [0.4, 0.5) is 8.78 Å². The Hall–Kier alpha value is -2.88. The van der Waals surface area contributed by atoms with Gasteiger partial charge in [-0.25, -0.2) is 8.78 Å². The van der Waals surface area contributed by atoms with E-state index < -0.39 is 11.6 Å². The maximum absolute atomic E-state index is 14.1. The number of rotatable bonds is 3. The van der Waals surface area contributed by atoms with Crippen molar-refractivity contribution in [1.29, 1.82) is 0 Å². The molecule has 0 unspecified atom stereocenters. The lowest BCUT2D eigenvalue weighted by atomic mass is 10.1. The van der Waals surface area contributed by atoms with E-state index in [0.29, 0.717) is 23.1 Å². The van der Waals surface area contributed by atoms with E-state index >= 15 is 0 Å². The Balaban J connectivity index is 1.80. The van der Waals surface area contributed by atoms with Crippen molar-refractivity contribution in [2.24, 2.45) is 0 Å². The van der Waals surface area contributed by atoms with Gasteiger partial charge in [0.1, 0.15) is 5.82 Å². The van der Waals surface area contributed by atoms with Gasteiger partial charge in [-0.2, -0.15) is 0 Å². The molecule has 0 spiro atoms. The highest BCUT2D eigenvalue weighted by molar-refractivity contribution is 5.86. The molecule has 0 bridgehead atoms. The summed E-state index contributed by atoms with van der Waals surface area (Å²) in [7, 11) is 0. The molecule has 4 rings (SSSR count). The number of hydrogen-bond donors (Lipinski definition) is 1. The first-order valence-corrected chi connectivity index (χ1v) is 8.23. The zero-order chi connectivity index (χ0) is 17.6. The summed E-state index contributed by atoms with van der Waals surface area (Å²) in [6.45, 7) is 3.88. The van der Waals surface area contributed by atoms with E-state index in [-0.39, 0.29) is 5.58 Å². The lowest BCUT2D eigenvalue weighted by Crippen LogP contribution is -1.90. The molecular weight excluding hydrogens is 320 g/mol. The number of hydrogen-bond acceptors (Lipinski definition) is 1. The molecule has 126 valence electrons. The molecule has 0 amide bonds. The Morgan fingerprint density at radius 3 is 2.36 bits per heavy atom. The van der Waals surface area contributed by atoms with E-state index in [1.54, 1.807) is 6.07 Å². The van der Waals surface area contributed by atoms with Crippen molar-refractivity contribution >= 4 is 11.0 Å². The van der Waals surface area contributed by atoms with Gasteiger partial charge in [0.05, 0.1) is 5.69 Å². The van der Waals surface area contributed by atoms with E-state index in [0.717, 1.165) is 23.0 Å². The molecule has 4 heteroatoms. The summed E-state index contributed by atoms with van der Waals surface area (Å²) >= 11 is 0. The number of nitrogens with one attached hydrogen (secondary N) is 1. The monoisotopic (exact) mass is 337 g/mol. The van der Waals surface area contributed by atoms with Gasteiger partial charge in [0.2, 0.25) is 0 Å². The summed E-state index contributed by atoms with van der Waals surface area (Å²) in [6.07, 6.45) is 0.473. The zero-order valence-electron chi connectivity index (χ0n) is 14.0. The van der Waals surface area contributed by atoms with Crippen LogP contribution in [0.2, 0.25) is 0 Å². The quantitative estimate of drug-likeness (QED) is 0.471. The predicted octanol–water partition coefficient (Wildman–Crippen LogP) is 6.24. The van der Waals surface area contributed by atoms with Gasteiger partial charge in [0.25, 0.3) is 0 Å². The molecule has 0 aliphatic carbocycles. The number of aromatic amines is 1. The molecule has 0 radical (unpaired) electrons. The Kier molecular flexibility index (Phi) is 3.68. The number of halogens is 2. The van der Waals surface area contributed by atoms with Crippen LogP contribution < -0.4 is 0 Å². The van der Waals surface area contributed by atoms with Gasteiger partial charge in [-0.1, -0.05) is 36.8 Å². The summed E-state index contributed by atoms with van der Waals surface area (Å²) in [6, 6.07) is 14.6. The van der Waals surface area contributed by atoms with Crippen LogP contribution in [0, 0.1) is 18.6 Å². The molecule has 2 nitrogen and oxygen atoms in total. The highest BCUT2D eigenvalue weighted by Crippen LogP contribution is 2.34. The van der Waals surface area contributed by atoms with Crippen molar-refractivity contribution in [3.05, 3.63) is 71.3 Å². The molecule has 25 heavy (non-hydrogen) atoms. The van der Waals surface area contributed by atoms with E-state index in [9.17, 15) is 8.78 Å². The number of fused-ring (bicyclic) bond motifs is 1. The maximum atomic E-state index is 14.1. The van der Waals surface area contributed by atoms with Gasteiger partial charge >= 0.3 is 0 Å². The van der Waals surface area contributed by atoms with Crippen LogP contribution >= 0.6 is 0 Å². The third-order valence-corrected chi connectivity index (χ3v) is 4.48. The van der Waals surface area contributed by atoms with Crippen LogP contribution in [0.1, 0.15) is 18.1 Å². The average molecular weight is 337 g/mol. The minimum absolute atomic E-state index is 0.0970. The number of aromatic nitrogens is 1. The highest BCUT2D eigenvalue weighted by atomic mass is 19.1. The second-order valence-corrected chi connectivity index (χ2v) is 6.18. The minimum atomic E-state index is -0.679. The fourth-order valence-corrected chi connectivity index (χ4v) is 3.12. The van der Waals surface area contributed by atoms with Gasteiger partial charge in [-0.05, 0) is 42.7 Å². The number of H-pyrrole nitrogens is 1. The molecule has 2 heterocycles. The topological polar surface area (TPSA) is 28.9 Å². The van der Waals surface area contributed by atoms with Gasteiger partial charge in [0, 0.05) is 17.1 Å². The highest BCUT2D eigenvalue weighted by Gasteiger charge is 2.17. The fourth-order valence-electron chi connectivity index (χ4n) is 3.12. The average Bonchev–Trinajstić information content (AvgIpc) is 3.23. The molecule has 0 saturated heterocycles. The summed E-state index contributed by atoms with van der Waals surface area (Å²) in [5, 5.41) is 0.487. The number of benzene rings is 2. The SMILES string of the molecule is CCc1c(F)cc(F)c2oc(-c3ccc(-c4ccc(C)cc4)[nH]3)cc12. The van der Waals surface area contributed by atoms with Crippen LogP contribution in [0.5, 0.6) is 0 Å². The Bertz CT molecular complexity index is 1060. The van der Waals surface area contributed by atoms with Crippen molar-refractivity contribution in [3.63, 3.8) is 0 Å². The normalized spacial score (nSPS) is 11.4. The number of aryl methyl sites for hydroxylation is 2. The van der Waals surface area contributed by atoms with E-state index in [1.165, 1.54) is 5.56 Å². The molecule has 2 aromatic heterocycles. The molecule has 4 aromatic rings. The second-order valence-electron chi connectivity index (χ2n) is 6.18. The molecule has 2 aromatic carbocycles. The Labute approximate surface area is 144 Å². The van der Waals surface area contributed by atoms with Crippen molar-refractivity contribution in [2.45, 2.75) is 20.3 Å². The Morgan fingerprint density at radius 1 is 0.920 bits per heavy atom. The van der Waals surface area contributed by atoms with Crippen LogP contribution in [-0.2, 0) is 6.42 Å². The smallest absolute Gasteiger partial charge is 0.171 e. The van der Waals surface area contributed by atoms with Crippen LogP contribution in [0.3, 0.4) is 0 Å². The van der Waals surface area contributed by atoms with E-state index in [2.05, 4.69) is 4.98 Å². The summed E-state index contributed by atoms with van der Waals surface area (Å²) in [5.41, 5.74) is 4.49. The summed E-state index contributed by atoms with van der Waals surface area (Å²) in [5.74, 6) is -0.722. The minimum Gasteiger partial charge on any atom is -0.451 e. The molecule has 0 saturated carbocycles. The van der Waals surface area contributed by atoms with Crippen molar-refractivity contribution in [2.75, 3.05) is 0 Å². The first-order valence-electron chi connectivity index (χ1n) is 8.23. The maximum Gasteiger partial charge on any atom is 0.171 e. The third kappa shape index (κ3) is 2.64. The molecule has 0 atom stereocenters. The molecule has 1 N–H and O–H groups in total. The van der Waals surface area contributed by atoms with Crippen molar-refractivity contribution in [1.82, 2.24) is 4.98 Å². The van der Waals surface area contributed by atoms with Gasteiger partial charge in [-0.3, -0.25) is 0 Å². The standard InChI is InChI=1S/C21H17F2NO/c1-3-14-15-10-20(25-21(15)17(23)11-16(14)22)19-9-8-18(24-19)13-6-4-12(2)5-7-13/h4-11,24H,3H2,1-2H3. The van der Waals surface area contributed by atoms with Gasteiger partial charge in [-0.15, -0.1) is 0 Å². The summed E-state index contributed by atoms with van der Waals surface area (Å²) < 4.78 is 33.7. The van der Waals surface area contributed by atoms with E-state index in [1.807, 2.05) is 50.2 Å². The molecule has 0 aliphatic rings. The fraction of sp³-hybridized carbons (Fsp3) is 0.143. The molecule has 0 aliphatic heterocycles. The van der Waals surface area contributed by atoms with E-state index in [4.69, 9.17) is 4.42 Å². The first kappa shape index (κ1) is 15.6. The summed E-state index contributed by atoms with van der Waals surface area (Å²) in [4.78, 5) is 3.29. The lowest BCUT2D eigenvalue weighted by molar-refractivity contribution is 0.548. The van der Waals surface area contributed by atoms with Crippen LogP contribution in [0.25, 0.3) is 33.7 Å². The van der Waals surface area contributed by atoms with Crippen LogP contribution in [-0.4, -0.2) is 4.98 Å². The van der Waals surface area contributed by atoms with Crippen LogP contribution in [0.15, 0.2) is 52.9 Å². The molecular formula is C21H17F2NO. The van der Waals surface area contributed by atoms with Gasteiger partial charge < -0.3 is 9.40 Å². The molecule has 0 fully saturated rings. The largest absolute Gasteiger partial charge is 0.451 e. The zero-order valence-corrected chi connectivity index (χ0v) is 14.0. The number of furan rings is 1. The predicted molar refractivity (Wildman–Crippen MR) is 95.5 cm³/mol. The second kappa shape index (κ2) is 5.88.